The lowest BCUT2D eigenvalue weighted by Gasteiger charge is -2.03. The summed E-state index contributed by atoms with van der Waals surface area (Å²) in [5, 5.41) is 9.73. The lowest BCUT2D eigenvalue weighted by molar-refractivity contribution is -0.121. The third-order valence-corrected chi connectivity index (χ3v) is 3.71. The van der Waals surface area contributed by atoms with Crippen LogP contribution in [-0.4, -0.2) is 37.3 Å². The van der Waals surface area contributed by atoms with Crippen LogP contribution in [0.4, 0.5) is 0 Å². The number of carbonyl (C=O) groups is 1. The fourth-order valence-corrected chi connectivity index (χ4v) is 2.16. The molecule has 0 atom stereocenters. The van der Waals surface area contributed by atoms with Gasteiger partial charge >= 0.3 is 5.22 Å². The zero-order valence-corrected chi connectivity index (χ0v) is 13.4. The number of nitrogens with one attached hydrogen (secondary N) is 1. The number of aromatic nitrogens is 2. The summed E-state index contributed by atoms with van der Waals surface area (Å²) < 4.78 is 27.4. The quantitative estimate of drug-likeness (QED) is 0.656. The van der Waals surface area contributed by atoms with E-state index in [4.69, 9.17) is 4.42 Å². The summed E-state index contributed by atoms with van der Waals surface area (Å²) in [6, 6.07) is 0. The molecule has 0 bridgehead atoms. The van der Waals surface area contributed by atoms with Crippen molar-refractivity contribution in [3.63, 3.8) is 0 Å². The van der Waals surface area contributed by atoms with Gasteiger partial charge in [0.05, 0.1) is 0 Å². The highest BCUT2D eigenvalue weighted by Gasteiger charge is 2.15. The van der Waals surface area contributed by atoms with E-state index in [1.165, 1.54) is 0 Å². The van der Waals surface area contributed by atoms with Crippen molar-refractivity contribution in [1.29, 1.82) is 0 Å². The van der Waals surface area contributed by atoms with Crippen molar-refractivity contribution in [2.24, 2.45) is 0 Å². The predicted octanol–water partition coefficient (Wildman–Crippen LogP) is 1.49. The molecule has 1 heterocycles. The number of carbonyl (C=O) groups excluding carboxylic acids is 1. The molecule has 0 aliphatic rings. The van der Waals surface area contributed by atoms with Crippen LogP contribution in [-0.2, 0) is 21.1 Å². The fourth-order valence-electron chi connectivity index (χ4n) is 1.72. The third-order valence-electron chi connectivity index (χ3n) is 2.91. The van der Waals surface area contributed by atoms with Gasteiger partial charge in [-0.2, -0.15) is 0 Å². The van der Waals surface area contributed by atoms with Gasteiger partial charge in [0.15, 0.2) is 0 Å². The van der Waals surface area contributed by atoms with Crippen molar-refractivity contribution in [2.45, 2.75) is 57.1 Å². The second kappa shape index (κ2) is 8.76. The smallest absolute Gasteiger partial charge is 0.335 e. The van der Waals surface area contributed by atoms with Gasteiger partial charge in [-0.15, -0.1) is 5.10 Å². The minimum absolute atomic E-state index is 0.103. The van der Waals surface area contributed by atoms with Gasteiger partial charge in [-0.1, -0.05) is 24.9 Å². The zero-order valence-electron chi connectivity index (χ0n) is 12.6. The first kappa shape index (κ1) is 17.6. The summed E-state index contributed by atoms with van der Waals surface area (Å²) in [4.78, 5) is 11.4. The summed E-state index contributed by atoms with van der Waals surface area (Å²) in [5.74, 6) is 0.439. The van der Waals surface area contributed by atoms with E-state index >= 15 is 0 Å². The summed E-state index contributed by atoms with van der Waals surface area (Å²) >= 11 is 0. The van der Waals surface area contributed by atoms with Crippen LogP contribution in [0.1, 0.15) is 51.3 Å². The van der Waals surface area contributed by atoms with E-state index in [0.29, 0.717) is 25.3 Å². The number of rotatable bonds is 10. The molecule has 1 aromatic rings. The van der Waals surface area contributed by atoms with Crippen molar-refractivity contribution >= 4 is 15.7 Å². The largest absolute Gasteiger partial charge is 0.413 e. The van der Waals surface area contributed by atoms with Gasteiger partial charge in [0.2, 0.25) is 21.6 Å². The molecule has 21 heavy (non-hydrogen) atoms. The highest BCUT2D eigenvalue weighted by atomic mass is 32.2. The van der Waals surface area contributed by atoms with E-state index in [1.54, 1.807) is 0 Å². The second-order valence-corrected chi connectivity index (χ2v) is 6.89. The predicted molar refractivity (Wildman–Crippen MR) is 77.5 cm³/mol. The molecule has 0 saturated carbocycles. The Morgan fingerprint density at radius 3 is 2.57 bits per heavy atom. The normalized spacial score (nSPS) is 11.5. The molecule has 0 saturated heterocycles. The van der Waals surface area contributed by atoms with Crippen LogP contribution in [0.2, 0.25) is 0 Å². The topological polar surface area (TPSA) is 102 Å². The number of unbranched alkanes of at least 4 members (excludes halogenated alkanes) is 3. The fraction of sp³-hybridized carbons (Fsp3) is 0.769. The van der Waals surface area contributed by atoms with Gasteiger partial charge in [0.1, 0.15) is 0 Å². The van der Waals surface area contributed by atoms with Crippen LogP contribution in [0.15, 0.2) is 9.64 Å². The summed E-state index contributed by atoms with van der Waals surface area (Å²) in [6.07, 6.45) is 6.72. The summed E-state index contributed by atoms with van der Waals surface area (Å²) in [6.45, 7) is 2.72. The molecule has 7 nitrogen and oxygen atoms in total. The monoisotopic (exact) mass is 317 g/mol. The first-order chi connectivity index (χ1) is 9.93. The number of hydrogen-bond donors (Lipinski definition) is 1. The number of nitrogens with zero attached hydrogens (tertiary/aromatic N) is 2. The molecule has 0 radical (unpaired) electrons. The van der Waals surface area contributed by atoms with Crippen LogP contribution in [0.3, 0.4) is 0 Å². The maximum atomic E-state index is 11.4. The molecule has 120 valence electrons. The lowest BCUT2D eigenvalue weighted by atomic mass is 10.2. The third kappa shape index (κ3) is 7.22. The zero-order chi connectivity index (χ0) is 15.7. The van der Waals surface area contributed by atoms with Crippen LogP contribution in [0.5, 0.6) is 0 Å². The summed E-state index contributed by atoms with van der Waals surface area (Å²) in [5.41, 5.74) is 0. The Hall–Kier alpha value is -1.44. The Morgan fingerprint density at radius 1 is 1.19 bits per heavy atom. The molecule has 0 aliphatic carbocycles. The standard InChI is InChI=1S/C13H23N3O4S/c1-3-4-8-11(17)14-10-7-5-6-9-12-15-16-13(20-12)21(2,18)19/h3-10H2,1-2H3,(H,14,17). The molecule has 0 unspecified atom stereocenters. The first-order valence-electron chi connectivity index (χ1n) is 7.22. The van der Waals surface area contributed by atoms with E-state index < -0.39 is 9.84 Å². The highest BCUT2D eigenvalue weighted by Crippen LogP contribution is 2.09. The number of aryl methyl sites for hydroxylation is 1. The minimum atomic E-state index is -3.43. The van der Waals surface area contributed by atoms with Gasteiger partial charge in [0.25, 0.3) is 0 Å². The van der Waals surface area contributed by atoms with Crippen molar-refractivity contribution in [3.8, 4) is 0 Å². The Bertz CT molecular complexity index is 539. The van der Waals surface area contributed by atoms with Gasteiger partial charge < -0.3 is 9.73 Å². The molecule has 0 spiro atoms. The number of hydrogen-bond acceptors (Lipinski definition) is 6. The number of amides is 1. The van der Waals surface area contributed by atoms with E-state index in [0.717, 1.165) is 38.4 Å². The van der Waals surface area contributed by atoms with E-state index in [-0.39, 0.29) is 11.1 Å². The Labute approximate surface area is 125 Å². The first-order valence-corrected chi connectivity index (χ1v) is 9.11. The Balaban J connectivity index is 2.12. The average Bonchev–Trinajstić information content (AvgIpc) is 2.89. The van der Waals surface area contributed by atoms with Gasteiger partial charge in [0, 0.05) is 25.6 Å². The molecule has 1 rings (SSSR count). The Morgan fingerprint density at radius 2 is 1.95 bits per heavy atom. The van der Waals surface area contributed by atoms with E-state index in [1.807, 2.05) is 0 Å². The van der Waals surface area contributed by atoms with Crippen molar-refractivity contribution < 1.29 is 17.6 Å². The maximum Gasteiger partial charge on any atom is 0.335 e. The molecule has 1 N–H and O–H groups in total. The van der Waals surface area contributed by atoms with Crippen LogP contribution in [0.25, 0.3) is 0 Å². The van der Waals surface area contributed by atoms with Crippen molar-refractivity contribution in [1.82, 2.24) is 15.5 Å². The highest BCUT2D eigenvalue weighted by molar-refractivity contribution is 7.90. The minimum Gasteiger partial charge on any atom is -0.413 e. The van der Waals surface area contributed by atoms with Crippen molar-refractivity contribution in [2.75, 3.05) is 12.8 Å². The molecule has 0 aromatic carbocycles. The molecular weight excluding hydrogens is 294 g/mol. The van der Waals surface area contributed by atoms with E-state index in [9.17, 15) is 13.2 Å². The van der Waals surface area contributed by atoms with E-state index in [2.05, 4.69) is 22.4 Å². The number of sulfone groups is 1. The lowest BCUT2D eigenvalue weighted by Crippen LogP contribution is -2.23. The van der Waals surface area contributed by atoms with Gasteiger partial charge in [-0.25, -0.2) is 8.42 Å². The second-order valence-electron chi connectivity index (χ2n) is 5.00. The molecule has 1 amide bonds. The van der Waals surface area contributed by atoms with Crippen LogP contribution in [0, 0.1) is 0 Å². The molecule has 1 aromatic heterocycles. The summed E-state index contributed by atoms with van der Waals surface area (Å²) in [7, 11) is -3.43. The molecule has 0 aliphatic heterocycles. The van der Waals surface area contributed by atoms with Crippen LogP contribution < -0.4 is 5.32 Å². The van der Waals surface area contributed by atoms with Gasteiger partial charge in [-0.3, -0.25) is 4.79 Å². The van der Waals surface area contributed by atoms with Gasteiger partial charge in [-0.05, 0) is 19.3 Å². The molecule has 8 heteroatoms. The Kier molecular flexibility index (Phi) is 7.35. The van der Waals surface area contributed by atoms with Crippen molar-refractivity contribution in [3.05, 3.63) is 5.89 Å². The SMILES string of the molecule is CCCCC(=O)NCCCCCc1nnc(S(C)(=O)=O)o1. The molecular formula is C13H23N3O4S. The van der Waals surface area contributed by atoms with Crippen LogP contribution >= 0.6 is 0 Å². The maximum absolute atomic E-state index is 11.4. The molecule has 0 fully saturated rings. The average molecular weight is 317 g/mol.